The van der Waals surface area contributed by atoms with Crippen LogP contribution in [0.5, 0.6) is 0 Å². The highest BCUT2D eigenvalue weighted by molar-refractivity contribution is 6.84. The molecule has 0 radical (unpaired) electrons. The molecule has 2 rings (SSSR count). The first-order chi connectivity index (χ1) is 13.1. The zero-order valence-electron chi connectivity index (χ0n) is 22.4. The molecule has 2 saturated heterocycles. The molecule has 4 nitrogen and oxygen atoms in total. The maximum atomic E-state index is 6.44. The second-order valence-electron chi connectivity index (χ2n) is 13.8. The molecule has 2 fully saturated rings. The van der Waals surface area contributed by atoms with Gasteiger partial charge in [0.2, 0.25) is 0 Å². The van der Waals surface area contributed by atoms with E-state index in [2.05, 4.69) is 94.7 Å². The van der Waals surface area contributed by atoms with Crippen molar-refractivity contribution in [1.82, 2.24) is 0 Å². The van der Waals surface area contributed by atoms with E-state index in [1.165, 1.54) is 0 Å². The van der Waals surface area contributed by atoms with Crippen LogP contribution in [0.3, 0.4) is 0 Å². The molecule has 2 heterocycles. The monoisotopic (exact) mass is 454 g/mol. The van der Waals surface area contributed by atoms with Crippen molar-refractivity contribution in [2.45, 2.75) is 141 Å². The van der Waals surface area contributed by atoms with Crippen molar-refractivity contribution < 1.29 is 18.6 Å². The van der Waals surface area contributed by atoms with Crippen LogP contribution in [0.4, 0.5) is 0 Å². The molecular formula is C22H48B2O4Si2. The SMILES string of the molecule is CC1(C)OB(CC(C(CB2OC(C)(C)C(C)(C)O2)[Si](C)(C)C)[Si](C)(C)C)OC1(C)C. The Morgan fingerprint density at radius 1 is 0.500 bits per heavy atom. The first kappa shape index (κ1) is 26.7. The maximum absolute atomic E-state index is 6.44. The van der Waals surface area contributed by atoms with Crippen molar-refractivity contribution in [3.63, 3.8) is 0 Å². The van der Waals surface area contributed by atoms with Crippen LogP contribution in [0.1, 0.15) is 55.4 Å². The predicted octanol–water partition coefficient (Wildman–Crippen LogP) is 6.59. The summed E-state index contributed by atoms with van der Waals surface area (Å²) < 4.78 is 25.8. The van der Waals surface area contributed by atoms with Crippen molar-refractivity contribution in [2.24, 2.45) is 0 Å². The van der Waals surface area contributed by atoms with Crippen molar-refractivity contribution in [3.8, 4) is 0 Å². The highest BCUT2D eigenvalue weighted by Crippen LogP contribution is 2.51. The van der Waals surface area contributed by atoms with Crippen LogP contribution < -0.4 is 0 Å². The van der Waals surface area contributed by atoms with Crippen molar-refractivity contribution in [2.75, 3.05) is 0 Å². The minimum atomic E-state index is -1.50. The average Bonchev–Trinajstić information content (AvgIpc) is 2.79. The summed E-state index contributed by atoms with van der Waals surface area (Å²) in [5.41, 5.74) is 0.0875. The molecule has 2 atom stereocenters. The Kier molecular flexibility index (Phi) is 7.12. The van der Waals surface area contributed by atoms with Gasteiger partial charge in [-0.25, -0.2) is 0 Å². The van der Waals surface area contributed by atoms with Gasteiger partial charge in [-0.3, -0.25) is 0 Å². The van der Waals surface area contributed by atoms with Crippen molar-refractivity contribution in [1.29, 1.82) is 0 Å². The Hall–Kier alpha value is 0.404. The van der Waals surface area contributed by atoms with Crippen LogP contribution in [0.25, 0.3) is 0 Å². The molecule has 2 unspecified atom stereocenters. The van der Waals surface area contributed by atoms with Crippen LogP contribution >= 0.6 is 0 Å². The second-order valence-corrected chi connectivity index (χ2v) is 24.7. The Morgan fingerprint density at radius 2 is 0.700 bits per heavy atom. The van der Waals surface area contributed by atoms with E-state index < -0.39 is 16.1 Å². The van der Waals surface area contributed by atoms with Crippen LogP contribution in [0.2, 0.25) is 63.0 Å². The van der Waals surface area contributed by atoms with Crippen molar-refractivity contribution in [3.05, 3.63) is 0 Å². The summed E-state index contributed by atoms with van der Waals surface area (Å²) in [6.07, 6.45) is 1.94. The summed E-state index contributed by atoms with van der Waals surface area (Å²) in [6.45, 7) is 32.2. The van der Waals surface area contributed by atoms with E-state index in [9.17, 15) is 0 Å². The molecule has 0 amide bonds. The Labute approximate surface area is 189 Å². The third-order valence-corrected chi connectivity index (χ3v) is 14.3. The standard InChI is InChI=1S/C22H48B2O4Si2/c1-19(2)20(3,4)26-23(25-19)15-17(29(9,10)11)18(30(12,13)14)16-24-27-21(5,6)22(7,8)28-24/h17-18H,15-16H2,1-14H3. The largest absolute Gasteiger partial charge is 0.457 e. The van der Waals surface area contributed by atoms with Crippen LogP contribution in [0, 0.1) is 0 Å². The van der Waals surface area contributed by atoms with Gasteiger partial charge in [0, 0.05) is 16.1 Å². The number of rotatable bonds is 7. The molecule has 0 aliphatic carbocycles. The molecule has 0 spiro atoms. The quantitative estimate of drug-likeness (QED) is 0.407. The summed E-state index contributed by atoms with van der Waals surface area (Å²) in [5.74, 6) is 0. The van der Waals surface area contributed by atoms with Gasteiger partial charge in [0.15, 0.2) is 0 Å². The third-order valence-electron chi connectivity index (χ3n) is 8.21. The normalized spacial score (nSPS) is 27.4. The van der Waals surface area contributed by atoms with Gasteiger partial charge in [-0.2, -0.15) is 0 Å². The van der Waals surface area contributed by atoms with E-state index in [-0.39, 0.29) is 36.6 Å². The molecule has 0 aromatic carbocycles. The average molecular weight is 454 g/mol. The fraction of sp³-hybridized carbons (Fsp3) is 1.00. The highest BCUT2D eigenvalue weighted by atomic mass is 28.3. The Bertz CT molecular complexity index is 538. The fourth-order valence-corrected chi connectivity index (χ4v) is 12.3. The molecule has 0 saturated carbocycles. The smallest absolute Gasteiger partial charge is 0.403 e. The lowest BCUT2D eigenvalue weighted by molar-refractivity contribution is 0.00578. The van der Waals surface area contributed by atoms with Gasteiger partial charge in [0.25, 0.3) is 0 Å². The molecule has 8 heteroatoms. The zero-order valence-corrected chi connectivity index (χ0v) is 24.4. The zero-order chi connectivity index (χ0) is 23.6. The summed E-state index contributed by atoms with van der Waals surface area (Å²) in [4.78, 5) is 0. The van der Waals surface area contributed by atoms with Crippen LogP contribution in [-0.4, -0.2) is 52.8 Å². The summed E-state index contributed by atoms with van der Waals surface area (Å²) in [6, 6.07) is 0. The van der Waals surface area contributed by atoms with Gasteiger partial charge >= 0.3 is 14.2 Å². The van der Waals surface area contributed by atoms with E-state index in [1.807, 2.05) is 0 Å². The Morgan fingerprint density at radius 3 is 0.867 bits per heavy atom. The van der Waals surface area contributed by atoms with Gasteiger partial charge in [-0.1, -0.05) is 39.3 Å². The second kappa shape index (κ2) is 8.01. The van der Waals surface area contributed by atoms with Crippen LogP contribution in [0.15, 0.2) is 0 Å². The highest BCUT2D eigenvalue weighted by Gasteiger charge is 2.56. The fourth-order valence-electron chi connectivity index (χ4n) is 4.78. The third kappa shape index (κ3) is 5.48. The maximum Gasteiger partial charge on any atom is 0.457 e. The number of hydrogen-bond donors (Lipinski definition) is 0. The first-order valence-corrected chi connectivity index (χ1v) is 19.0. The van der Waals surface area contributed by atoms with Crippen LogP contribution in [-0.2, 0) is 18.6 Å². The van der Waals surface area contributed by atoms with Gasteiger partial charge in [0.1, 0.15) is 0 Å². The molecule has 174 valence electrons. The molecule has 0 aromatic rings. The molecule has 2 aliphatic heterocycles. The lowest BCUT2D eigenvalue weighted by Gasteiger charge is -2.43. The van der Waals surface area contributed by atoms with Crippen molar-refractivity contribution >= 4 is 30.4 Å². The summed E-state index contributed by atoms with van der Waals surface area (Å²) >= 11 is 0. The van der Waals surface area contributed by atoms with E-state index in [0.29, 0.717) is 11.1 Å². The molecule has 30 heavy (non-hydrogen) atoms. The lowest BCUT2D eigenvalue weighted by atomic mass is 9.76. The van der Waals surface area contributed by atoms with E-state index in [1.54, 1.807) is 0 Å². The first-order valence-electron chi connectivity index (χ1n) is 11.8. The molecule has 0 aromatic heterocycles. The molecule has 0 bridgehead atoms. The van der Waals surface area contributed by atoms with Gasteiger partial charge in [-0.15, -0.1) is 0 Å². The summed E-state index contributed by atoms with van der Waals surface area (Å²) in [5, 5.41) is 0. The molecular weight excluding hydrogens is 406 g/mol. The number of hydrogen-bond acceptors (Lipinski definition) is 4. The predicted molar refractivity (Wildman–Crippen MR) is 136 cm³/mol. The molecule has 0 N–H and O–H groups in total. The lowest BCUT2D eigenvalue weighted by Crippen LogP contribution is -2.44. The van der Waals surface area contributed by atoms with Gasteiger partial charge in [0.05, 0.1) is 22.4 Å². The summed E-state index contributed by atoms with van der Waals surface area (Å²) in [7, 11) is -3.27. The van der Waals surface area contributed by atoms with E-state index in [0.717, 1.165) is 12.6 Å². The minimum Gasteiger partial charge on any atom is -0.403 e. The van der Waals surface area contributed by atoms with Gasteiger partial charge < -0.3 is 18.6 Å². The van der Waals surface area contributed by atoms with E-state index in [4.69, 9.17) is 18.6 Å². The Balaban J connectivity index is 2.28. The van der Waals surface area contributed by atoms with Gasteiger partial charge in [-0.05, 0) is 79.1 Å². The van der Waals surface area contributed by atoms with E-state index >= 15 is 0 Å². The molecule has 2 aliphatic rings. The minimum absolute atomic E-state index is 0.135. The topological polar surface area (TPSA) is 36.9 Å².